The third kappa shape index (κ3) is 8.46. The first-order valence-electron chi connectivity index (χ1n) is 14.0. The fourth-order valence-corrected chi connectivity index (χ4v) is 4.49. The first kappa shape index (κ1) is 33.4. The average Bonchev–Trinajstić information content (AvgIpc) is 3.45. The monoisotopic (exact) mass is 596 g/mol. The zero-order valence-corrected chi connectivity index (χ0v) is 25.6. The van der Waals surface area contributed by atoms with Crippen molar-refractivity contribution in [1.29, 1.82) is 0 Å². The molecule has 7 nitrogen and oxygen atoms in total. The van der Waals surface area contributed by atoms with E-state index in [1.165, 1.54) is 26.3 Å². The minimum absolute atomic E-state index is 0.0320. The number of amides is 1. The Hall–Kier alpha value is -5.13. The average molecular weight is 597 g/mol. The zero-order valence-electron chi connectivity index (χ0n) is 25.6. The maximum absolute atomic E-state index is 14.3. The summed E-state index contributed by atoms with van der Waals surface area (Å²) in [7, 11) is 2.85. The lowest BCUT2D eigenvalue weighted by molar-refractivity contribution is -0.139. The summed E-state index contributed by atoms with van der Waals surface area (Å²) in [5.41, 5.74) is 9.79. The molecule has 4 rings (SSSR count). The number of hydrogen-bond acceptors (Lipinski definition) is 6. The Kier molecular flexibility index (Phi) is 12.1. The van der Waals surface area contributed by atoms with Crippen LogP contribution in [0.5, 0.6) is 5.75 Å². The molecule has 3 N–H and O–H groups in total. The molecule has 0 saturated carbocycles. The molecule has 0 radical (unpaired) electrons. The van der Waals surface area contributed by atoms with Crippen LogP contribution in [0, 0.1) is 25.1 Å². The molecular formula is C36H37FN2O5. The van der Waals surface area contributed by atoms with E-state index in [0.717, 1.165) is 38.8 Å². The lowest BCUT2D eigenvalue weighted by atomic mass is 9.98. The van der Waals surface area contributed by atoms with Gasteiger partial charge in [-0.05, 0) is 92.6 Å². The second-order valence-electron chi connectivity index (χ2n) is 9.81. The fourth-order valence-electron chi connectivity index (χ4n) is 4.49. The van der Waals surface area contributed by atoms with Crippen LogP contribution in [0.25, 0.3) is 16.5 Å². The molecule has 0 saturated heterocycles. The minimum Gasteiger partial charge on any atom is -0.489 e. The van der Waals surface area contributed by atoms with Crippen molar-refractivity contribution in [3.05, 3.63) is 118 Å². The first-order valence-corrected chi connectivity index (χ1v) is 14.0. The molecule has 228 valence electrons. The lowest BCUT2D eigenvalue weighted by Crippen LogP contribution is -2.23. The fraction of sp³-hybridized carbons (Fsp3) is 0.222. The van der Waals surface area contributed by atoms with E-state index in [4.69, 9.17) is 20.3 Å². The number of nitrogens with one attached hydrogen (secondary N) is 1. The van der Waals surface area contributed by atoms with Gasteiger partial charge in [-0.25, -0.2) is 4.39 Å². The maximum Gasteiger partial charge on any atom is 0.310 e. The van der Waals surface area contributed by atoms with Crippen LogP contribution in [0.2, 0.25) is 0 Å². The molecule has 1 heterocycles. The molecule has 1 amide bonds. The second-order valence-corrected chi connectivity index (χ2v) is 9.81. The number of halogens is 1. The summed E-state index contributed by atoms with van der Waals surface area (Å²) >= 11 is 0. The van der Waals surface area contributed by atoms with Crippen molar-refractivity contribution in [3.8, 4) is 18.1 Å². The Balaban J connectivity index is 0.00000259. The molecule has 0 unspecified atom stereocenters. The number of aryl methyl sites for hydroxylation is 1. The molecule has 3 aromatic carbocycles. The number of hydrogen-bond donors (Lipinski definition) is 2. The summed E-state index contributed by atoms with van der Waals surface area (Å²) in [6.07, 6.45) is 9.55. The van der Waals surface area contributed by atoms with Crippen LogP contribution in [-0.2, 0) is 29.1 Å². The van der Waals surface area contributed by atoms with Crippen molar-refractivity contribution < 1.29 is 27.9 Å². The lowest BCUT2D eigenvalue weighted by Gasteiger charge is -2.13. The van der Waals surface area contributed by atoms with E-state index in [-0.39, 0.29) is 31.1 Å². The number of carbonyl (C=O) groups excluding carboxylic acids is 2. The van der Waals surface area contributed by atoms with E-state index < -0.39 is 11.7 Å². The predicted octanol–water partition coefficient (Wildman–Crippen LogP) is 6.66. The van der Waals surface area contributed by atoms with Gasteiger partial charge < -0.3 is 24.9 Å². The van der Waals surface area contributed by atoms with Gasteiger partial charge in [-0.1, -0.05) is 36.3 Å². The minimum atomic E-state index is -0.578. The number of benzene rings is 3. The number of carbonyl (C=O) groups is 2. The van der Waals surface area contributed by atoms with Crippen LogP contribution in [-0.4, -0.2) is 26.0 Å². The van der Waals surface area contributed by atoms with Gasteiger partial charge in [0, 0.05) is 16.5 Å². The highest BCUT2D eigenvalue weighted by molar-refractivity contribution is 5.95. The number of para-hydroxylation sites is 1. The van der Waals surface area contributed by atoms with Gasteiger partial charge in [0.1, 0.15) is 29.5 Å². The summed E-state index contributed by atoms with van der Waals surface area (Å²) in [6, 6.07) is 17.5. The van der Waals surface area contributed by atoms with Gasteiger partial charge in [-0.2, -0.15) is 0 Å². The summed E-state index contributed by atoms with van der Waals surface area (Å²) in [5, 5.41) is 3.54. The van der Waals surface area contributed by atoms with Crippen molar-refractivity contribution in [1.82, 2.24) is 5.32 Å². The molecule has 0 aliphatic carbocycles. The van der Waals surface area contributed by atoms with E-state index in [1.807, 2.05) is 68.5 Å². The number of methoxy groups -OCH3 is 1. The Morgan fingerprint density at radius 1 is 1.09 bits per heavy atom. The van der Waals surface area contributed by atoms with Crippen LogP contribution in [0.15, 0.2) is 82.8 Å². The molecule has 0 aliphatic rings. The van der Waals surface area contributed by atoms with Crippen LogP contribution >= 0.6 is 0 Å². The van der Waals surface area contributed by atoms with E-state index in [2.05, 4.69) is 17.0 Å². The van der Waals surface area contributed by atoms with Crippen LogP contribution < -0.4 is 15.8 Å². The van der Waals surface area contributed by atoms with Crippen molar-refractivity contribution >= 4 is 28.4 Å². The molecule has 1 aromatic heterocycles. The van der Waals surface area contributed by atoms with E-state index in [1.54, 1.807) is 13.0 Å². The summed E-state index contributed by atoms with van der Waals surface area (Å²) in [5.74, 6) is 2.26. The van der Waals surface area contributed by atoms with Crippen LogP contribution in [0.4, 0.5) is 4.39 Å². The van der Waals surface area contributed by atoms with Crippen molar-refractivity contribution in [2.75, 3.05) is 14.2 Å². The number of nitrogens with two attached hydrogens (primary N) is 1. The molecule has 0 fully saturated rings. The van der Waals surface area contributed by atoms with Crippen molar-refractivity contribution in [2.45, 2.75) is 40.3 Å². The van der Waals surface area contributed by atoms with Crippen LogP contribution in [0.3, 0.4) is 0 Å². The van der Waals surface area contributed by atoms with Crippen LogP contribution in [0.1, 0.15) is 52.2 Å². The number of allylic oxidation sites excluding steroid dienone is 4. The topological polar surface area (TPSA) is 104 Å². The first-order chi connectivity index (χ1) is 21.2. The van der Waals surface area contributed by atoms with Gasteiger partial charge in [-0.15, -0.1) is 6.42 Å². The maximum atomic E-state index is 14.3. The van der Waals surface area contributed by atoms with E-state index in [9.17, 15) is 14.0 Å². The predicted molar refractivity (Wildman–Crippen MR) is 171 cm³/mol. The molecule has 0 atom stereocenters. The number of terminal acetylenes is 1. The molecule has 8 heteroatoms. The summed E-state index contributed by atoms with van der Waals surface area (Å²) in [6.45, 7) is 5.81. The number of rotatable bonds is 10. The number of fused-ring (bicyclic) bond motifs is 1. The van der Waals surface area contributed by atoms with E-state index >= 15 is 0 Å². The normalized spacial score (nSPS) is 11.3. The molecule has 0 spiro atoms. The number of furan rings is 1. The summed E-state index contributed by atoms with van der Waals surface area (Å²) in [4.78, 5) is 24.5. The van der Waals surface area contributed by atoms with Gasteiger partial charge in [0.2, 0.25) is 0 Å². The van der Waals surface area contributed by atoms with Gasteiger partial charge in [0.15, 0.2) is 0 Å². The zero-order chi connectivity index (χ0) is 32.2. The van der Waals surface area contributed by atoms with E-state index in [0.29, 0.717) is 17.1 Å². The standard InChI is InChI=1S/C35H32FNO5.CH5N/c1-6-22(3)14-25(7-2)30-17-24(21-41-32-11-9-8-10-26(32)19-33(38)40-5)16-27-18-28(42-34(27)30)20-37-35(39)29-13-12-23(4)15-31(29)36;1-2/h1,7-18H,19-21H2,2-5H3,(H,37,39);2H2,1H3/b22-14-,25-7+;. The number of esters is 1. The second kappa shape index (κ2) is 15.9. The molecule has 4 aromatic rings. The highest BCUT2D eigenvalue weighted by Gasteiger charge is 2.17. The Bertz CT molecular complexity index is 1740. The van der Waals surface area contributed by atoms with Crippen molar-refractivity contribution in [3.63, 3.8) is 0 Å². The largest absolute Gasteiger partial charge is 0.489 e. The van der Waals surface area contributed by atoms with Gasteiger partial charge in [-0.3, -0.25) is 9.59 Å². The molecule has 0 bridgehead atoms. The Morgan fingerprint density at radius 3 is 2.52 bits per heavy atom. The van der Waals surface area contributed by atoms with Crippen molar-refractivity contribution in [2.24, 2.45) is 5.73 Å². The highest BCUT2D eigenvalue weighted by Crippen LogP contribution is 2.32. The highest BCUT2D eigenvalue weighted by atomic mass is 19.1. The smallest absolute Gasteiger partial charge is 0.310 e. The number of ether oxygens (including phenoxy) is 2. The van der Waals surface area contributed by atoms with Gasteiger partial charge in [0.05, 0.1) is 25.6 Å². The summed E-state index contributed by atoms with van der Waals surface area (Å²) < 4.78 is 31.5. The third-order valence-corrected chi connectivity index (χ3v) is 6.67. The SMILES string of the molecule is C#C/C(C)=C\C(=C/C)c1cc(COc2ccccc2CC(=O)OC)cc2cc(CNC(=O)c3ccc(C)cc3F)oc12.CN. The Morgan fingerprint density at radius 2 is 1.84 bits per heavy atom. The molecule has 44 heavy (non-hydrogen) atoms. The quantitative estimate of drug-likeness (QED) is 0.121. The van der Waals surface area contributed by atoms with Gasteiger partial charge >= 0.3 is 5.97 Å². The molecule has 0 aliphatic heterocycles. The van der Waals surface area contributed by atoms with Gasteiger partial charge in [0.25, 0.3) is 5.91 Å². The third-order valence-electron chi connectivity index (χ3n) is 6.67. The Labute approximate surface area is 257 Å². The molecular weight excluding hydrogens is 559 g/mol.